The quantitative estimate of drug-likeness (QED) is 0.429. The third-order valence-electron chi connectivity index (χ3n) is 5.47. The molecule has 34 heavy (non-hydrogen) atoms. The number of halogens is 2. The van der Waals surface area contributed by atoms with Crippen LogP contribution in [0.15, 0.2) is 24.4 Å². The summed E-state index contributed by atoms with van der Waals surface area (Å²) in [6.45, 7) is 1.41. The Kier molecular flexibility index (Phi) is 6.75. The number of nitrogens with one attached hydrogen (secondary N) is 2. The summed E-state index contributed by atoms with van der Waals surface area (Å²) in [6, 6.07) is 3.41. The van der Waals surface area contributed by atoms with Crippen molar-refractivity contribution < 1.29 is 23.5 Å². The van der Waals surface area contributed by atoms with E-state index in [1.165, 1.54) is 12.3 Å². The van der Waals surface area contributed by atoms with E-state index in [9.17, 15) is 23.5 Å². The summed E-state index contributed by atoms with van der Waals surface area (Å²) >= 11 is 0.660. The number of thiazole rings is 1. The lowest BCUT2D eigenvalue weighted by Crippen LogP contribution is -2.29. The number of rotatable bonds is 5. The number of carbonyl (C=O) groups is 2. The van der Waals surface area contributed by atoms with Gasteiger partial charge >= 0.3 is 6.09 Å². The topological polar surface area (TPSA) is 138 Å². The minimum atomic E-state index is -1.44. The Morgan fingerprint density at radius 1 is 1.21 bits per heavy atom. The Morgan fingerprint density at radius 2 is 1.94 bits per heavy atom. The summed E-state index contributed by atoms with van der Waals surface area (Å²) in [5.74, 6) is -1.83. The summed E-state index contributed by atoms with van der Waals surface area (Å²) in [4.78, 5) is 30.5. The van der Waals surface area contributed by atoms with Crippen LogP contribution in [-0.4, -0.2) is 51.0 Å². The van der Waals surface area contributed by atoms with E-state index in [1.807, 2.05) is 0 Å². The molecule has 1 saturated heterocycles. The van der Waals surface area contributed by atoms with Crippen molar-refractivity contribution in [2.75, 3.05) is 28.6 Å². The number of nitrogens with two attached hydrogens (primary N) is 1. The molecular formula is C21H23F2N7O3S. The number of benzene rings is 1. The predicted molar refractivity (Wildman–Crippen MR) is 124 cm³/mol. The van der Waals surface area contributed by atoms with Gasteiger partial charge < -0.3 is 21.1 Å². The first kappa shape index (κ1) is 23.6. The van der Waals surface area contributed by atoms with Gasteiger partial charge in [-0.05, 0) is 31.4 Å². The molecule has 2 amide bonds. The minimum Gasteiger partial charge on any atom is -0.465 e. The Hall–Kier alpha value is -3.58. The third-order valence-corrected chi connectivity index (χ3v) is 6.46. The van der Waals surface area contributed by atoms with Gasteiger partial charge in [0.15, 0.2) is 11.5 Å². The largest absolute Gasteiger partial charge is 0.465 e. The number of hydrogen-bond acceptors (Lipinski definition) is 7. The highest BCUT2D eigenvalue weighted by molar-refractivity contribution is 7.19. The second-order valence-corrected chi connectivity index (χ2v) is 8.86. The molecule has 2 aromatic heterocycles. The molecule has 3 heterocycles. The molecule has 3 aromatic rings. The lowest BCUT2D eigenvalue weighted by atomic mass is 10.1. The van der Waals surface area contributed by atoms with Gasteiger partial charge in [0.05, 0.1) is 11.8 Å². The second kappa shape index (κ2) is 9.73. The van der Waals surface area contributed by atoms with E-state index in [0.717, 1.165) is 37.9 Å². The van der Waals surface area contributed by atoms with Crippen molar-refractivity contribution in [1.82, 2.24) is 14.8 Å². The first-order chi connectivity index (χ1) is 16.2. The van der Waals surface area contributed by atoms with Crippen molar-refractivity contribution in [3.05, 3.63) is 41.7 Å². The first-order valence-corrected chi connectivity index (χ1v) is 11.3. The minimum absolute atomic E-state index is 0.105. The van der Waals surface area contributed by atoms with Gasteiger partial charge in [0.1, 0.15) is 27.3 Å². The van der Waals surface area contributed by atoms with Crippen molar-refractivity contribution in [1.29, 1.82) is 0 Å². The zero-order valence-corrected chi connectivity index (χ0v) is 19.0. The molecule has 1 unspecified atom stereocenters. The summed E-state index contributed by atoms with van der Waals surface area (Å²) in [6.07, 6.45) is 2.60. The number of anilines is 3. The third kappa shape index (κ3) is 4.84. The Labute approximate surface area is 197 Å². The van der Waals surface area contributed by atoms with Crippen molar-refractivity contribution in [3.8, 4) is 10.6 Å². The number of amides is 2. The smallest absolute Gasteiger partial charge is 0.409 e. The zero-order chi connectivity index (χ0) is 24.4. The number of carboxylic acid groups (broad SMARTS) is 1. The highest BCUT2D eigenvalue weighted by Gasteiger charge is 2.26. The van der Waals surface area contributed by atoms with E-state index in [-0.39, 0.29) is 21.7 Å². The van der Waals surface area contributed by atoms with Crippen LogP contribution in [0.25, 0.3) is 10.6 Å². The maximum atomic E-state index is 14.3. The molecule has 1 atom stereocenters. The molecule has 1 aromatic carbocycles. The van der Waals surface area contributed by atoms with Gasteiger partial charge in [-0.3, -0.25) is 14.8 Å². The van der Waals surface area contributed by atoms with Gasteiger partial charge in [-0.2, -0.15) is 5.10 Å². The van der Waals surface area contributed by atoms with Crippen LogP contribution in [0.4, 0.5) is 30.1 Å². The van der Waals surface area contributed by atoms with Crippen LogP contribution in [0.3, 0.4) is 0 Å². The maximum absolute atomic E-state index is 14.3. The van der Waals surface area contributed by atoms with Gasteiger partial charge in [-0.1, -0.05) is 17.4 Å². The molecule has 5 N–H and O–H groups in total. The van der Waals surface area contributed by atoms with Crippen LogP contribution in [0, 0.1) is 11.6 Å². The average Bonchev–Trinajstić information content (AvgIpc) is 3.26. The zero-order valence-electron chi connectivity index (χ0n) is 18.2. The molecule has 0 bridgehead atoms. The van der Waals surface area contributed by atoms with Crippen molar-refractivity contribution >= 4 is 39.8 Å². The van der Waals surface area contributed by atoms with Gasteiger partial charge in [0.2, 0.25) is 0 Å². The van der Waals surface area contributed by atoms with E-state index in [0.29, 0.717) is 29.4 Å². The number of aromatic nitrogens is 3. The standard InChI is InChI=1S/C21H23F2N7O3S/c1-29-20(30-8-3-4-11(24)7-9-30)14(10-25-29)26-17(31)16-19(28-21(32)33)34-18(27-16)15-12(22)5-2-6-13(15)23/h2,5-6,10-11,28H,3-4,7-9,24H2,1H3,(H,26,31)(H,32,33). The molecule has 0 spiro atoms. The van der Waals surface area contributed by atoms with Crippen molar-refractivity contribution in [2.24, 2.45) is 12.8 Å². The molecule has 0 aliphatic carbocycles. The average molecular weight is 492 g/mol. The fourth-order valence-electron chi connectivity index (χ4n) is 3.87. The molecule has 1 aliphatic rings. The normalized spacial score (nSPS) is 16.2. The van der Waals surface area contributed by atoms with Crippen molar-refractivity contribution in [2.45, 2.75) is 25.3 Å². The van der Waals surface area contributed by atoms with Crippen molar-refractivity contribution in [3.63, 3.8) is 0 Å². The van der Waals surface area contributed by atoms with Crippen LogP contribution >= 0.6 is 11.3 Å². The van der Waals surface area contributed by atoms with Crippen LogP contribution in [0.2, 0.25) is 0 Å². The summed E-state index contributed by atoms with van der Waals surface area (Å²) in [7, 11) is 1.75. The molecule has 4 rings (SSSR count). The van der Waals surface area contributed by atoms with Crippen LogP contribution in [0.1, 0.15) is 29.8 Å². The second-order valence-electron chi connectivity index (χ2n) is 7.86. The van der Waals surface area contributed by atoms with E-state index in [1.54, 1.807) is 11.7 Å². The number of aryl methyl sites for hydroxylation is 1. The van der Waals surface area contributed by atoms with E-state index in [4.69, 9.17) is 5.73 Å². The molecule has 13 heteroatoms. The van der Waals surface area contributed by atoms with Crippen LogP contribution in [-0.2, 0) is 7.05 Å². The SMILES string of the molecule is Cn1ncc(NC(=O)c2nc(-c3c(F)cccc3F)sc2NC(=O)O)c1N1CCCC(N)CC1. The molecule has 180 valence electrons. The monoisotopic (exact) mass is 491 g/mol. The molecule has 10 nitrogen and oxygen atoms in total. The van der Waals surface area contributed by atoms with E-state index >= 15 is 0 Å². The summed E-state index contributed by atoms with van der Waals surface area (Å²) < 4.78 is 30.2. The fraction of sp³-hybridized carbons (Fsp3) is 0.333. The number of nitrogens with zero attached hydrogens (tertiary/aromatic N) is 4. The van der Waals surface area contributed by atoms with Crippen LogP contribution in [0.5, 0.6) is 0 Å². The summed E-state index contributed by atoms with van der Waals surface area (Å²) in [5, 5.41) is 17.9. The van der Waals surface area contributed by atoms with E-state index < -0.39 is 29.2 Å². The lowest BCUT2D eigenvalue weighted by molar-refractivity contribution is 0.102. The highest BCUT2D eigenvalue weighted by atomic mass is 32.1. The highest BCUT2D eigenvalue weighted by Crippen LogP contribution is 2.36. The molecule has 1 fully saturated rings. The van der Waals surface area contributed by atoms with Gasteiger partial charge in [0.25, 0.3) is 5.91 Å². The Morgan fingerprint density at radius 3 is 2.65 bits per heavy atom. The predicted octanol–water partition coefficient (Wildman–Crippen LogP) is 3.48. The number of hydrogen-bond donors (Lipinski definition) is 4. The molecular weight excluding hydrogens is 468 g/mol. The fourth-order valence-corrected chi connectivity index (χ4v) is 4.88. The van der Waals surface area contributed by atoms with Gasteiger partial charge in [-0.25, -0.2) is 18.6 Å². The number of carbonyl (C=O) groups excluding carboxylic acids is 1. The van der Waals surface area contributed by atoms with Gasteiger partial charge in [-0.15, -0.1) is 0 Å². The van der Waals surface area contributed by atoms with E-state index in [2.05, 4.69) is 25.6 Å². The maximum Gasteiger partial charge on any atom is 0.409 e. The Bertz CT molecular complexity index is 1210. The lowest BCUT2D eigenvalue weighted by Gasteiger charge is -2.24. The van der Waals surface area contributed by atoms with Gasteiger partial charge in [0, 0.05) is 26.2 Å². The first-order valence-electron chi connectivity index (χ1n) is 10.5. The molecule has 1 aliphatic heterocycles. The molecule has 0 saturated carbocycles. The van der Waals surface area contributed by atoms with Crippen LogP contribution < -0.4 is 21.3 Å². The summed E-state index contributed by atoms with van der Waals surface area (Å²) in [5.41, 5.74) is 5.73. The molecule has 0 radical (unpaired) electrons. The Balaban J connectivity index is 1.66.